The lowest BCUT2D eigenvalue weighted by Gasteiger charge is -1.99. The Bertz CT molecular complexity index is 782. The van der Waals surface area contributed by atoms with Gasteiger partial charge < -0.3 is 0 Å². The lowest BCUT2D eigenvalue weighted by atomic mass is 10.1. The van der Waals surface area contributed by atoms with Crippen molar-refractivity contribution in [3.8, 4) is 10.4 Å². The van der Waals surface area contributed by atoms with Crippen molar-refractivity contribution in [2.24, 2.45) is 0 Å². The van der Waals surface area contributed by atoms with E-state index in [0.717, 1.165) is 25.0 Å². The maximum atomic E-state index is 10.8. The summed E-state index contributed by atoms with van der Waals surface area (Å²) in [6.45, 7) is 0. The number of thiophene rings is 1. The average molecular weight is 334 g/mol. The predicted octanol–water partition coefficient (Wildman–Crippen LogP) is 5.24. The van der Waals surface area contributed by atoms with E-state index < -0.39 is 0 Å². The second-order valence-corrected chi connectivity index (χ2v) is 5.89. The van der Waals surface area contributed by atoms with E-state index in [-0.39, 0.29) is 10.6 Å². The van der Waals surface area contributed by atoms with E-state index in [1.165, 1.54) is 6.07 Å². The van der Waals surface area contributed by atoms with Gasteiger partial charge in [0.1, 0.15) is 0 Å². The first-order chi connectivity index (χ1) is 9.16. The molecule has 0 atom stereocenters. The van der Waals surface area contributed by atoms with E-state index in [4.69, 9.17) is 0 Å². The van der Waals surface area contributed by atoms with Crippen LogP contribution in [0.3, 0.4) is 0 Å². The van der Waals surface area contributed by atoms with Crippen LogP contribution in [0.5, 0.6) is 0 Å². The summed E-state index contributed by atoms with van der Waals surface area (Å²) in [6.07, 6.45) is 0. The molecule has 0 bridgehead atoms. The molecule has 0 amide bonds. The largest absolute Gasteiger partial charge is 0.270 e. The van der Waals surface area contributed by atoms with Gasteiger partial charge in [-0.1, -0.05) is 30.3 Å². The number of hydrogen-bond acceptors (Lipinski definition) is 3. The first kappa shape index (κ1) is 12.3. The number of non-ortho nitro benzene ring substituents is 1. The zero-order chi connectivity index (χ0) is 13.4. The van der Waals surface area contributed by atoms with Gasteiger partial charge in [-0.15, -0.1) is 11.3 Å². The van der Waals surface area contributed by atoms with E-state index in [9.17, 15) is 10.1 Å². The quantitative estimate of drug-likeness (QED) is 0.475. The minimum absolute atomic E-state index is 0.113. The van der Waals surface area contributed by atoms with E-state index >= 15 is 0 Å². The Balaban J connectivity index is 2.21. The summed E-state index contributed by atoms with van der Waals surface area (Å²) in [5.74, 6) is 0. The van der Waals surface area contributed by atoms with Gasteiger partial charge >= 0.3 is 0 Å². The summed E-state index contributed by atoms with van der Waals surface area (Å²) >= 11 is 5.22. The minimum Gasteiger partial charge on any atom is -0.258 e. The first-order valence-electron chi connectivity index (χ1n) is 5.58. The Kier molecular flexibility index (Phi) is 3.08. The van der Waals surface area contributed by atoms with Crippen molar-refractivity contribution < 1.29 is 4.92 Å². The van der Waals surface area contributed by atoms with Crippen LogP contribution in [0.15, 0.2) is 53.0 Å². The molecule has 0 aliphatic carbocycles. The van der Waals surface area contributed by atoms with Crippen LogP contribution >= 0.6 is 27.3 Å². The predicted molar refractivity (Wildman–Crippen MR) is 81.6 cm³/mol. The number of rotatable bonds is 2. The highest BCUT2D eigenvalue weighted by molar-refractivity contribution is 9.10. The summed E-state index contributed by atoms with van der Waals surface area (Å²) in [5.41, 5.74) is 0.976. The van der Waals surface area contributed by atoms with Crippen molar-refractivity contribution in [1.82, 2.24) is 0 Å². The monoisotopic (exact) mass is 333 g/mol. The van der Waals surface area contributed by atoms with Gasteiger partial charge in [0.2, 0.25) is 0 Å². The molecule has 3 aromatic rings. The number of nitrogens with zero attached hydrogens (tertiary/aromatic N) is 1. The van der Waals surface area contributed by atoms with Crippen molar-refractivity contribution in [2.75, 3.05) is 0 Å². The number of nitro groups is 1. The maximum Gasteiger partial charge on any atom is 0.270 e. The molecule has 3 rings (SSSR count). The summed E-state index contributed by atoms with van der Waals surface area (Å²) < 4.78 is 2.16. The molecule has 1 aromatic heterocycles. The van der Waals surface area contributed by atoms with Crippen LogP contribution < -0.4 is 0 Å². The fourth-order valence-corrected chi connectivity index (χ4v) is 4.00. The summed E-state index contributed by atoms with van der Waals surface area (Å²) in [7, 11) is 0. The second kappa shape index (κ2) is 4.75. The number of benzene rings is 2. The second-order valence-electron chi connectivity index (χ2n) is 4.05. The van der Waals surface area contributed by atoms with Crippen molar-refractivity contribution in [3.63, 3.8) is 0 Å². The molecule has 1 heterocycles. The molecule has 0 spiro atoms. The summed E-state index contributed by atoms with van der Waals surface area (Å²) in [5, 5.41) is 12.0. The lowest BCUT2D eigenvalue weighted by Crippen LogP contribution is -1.87. The molecule has 0 aliphatic heterocycles. The Hall–Kier alpha value is -1.72. The highest BCUT2D eigenvalue weighted by Crippen LogP contribution is 2.42. The van der Waals surface area contributed by atoms with Gasteiger partial charge in [0, 0.05) is 31.6 Å². The zero-order valence-electron chi connectivity index (χ0n) is 9.67. The van der Waals surface area contributed by atoms with Crippen LogP contribution in [-0.4, -0.2) is 4.92 Å². The van der Waals surface area contributed by atoms with E-state index in [1.807, 2.05) is 30.3 Å². The van der Waals surface area contributed by atoms with Crippen molar-refractivity contribution in [2.45, 2.75) is 0 Å². The molecule has 0 saturated carbocycles. The van der Waals surface area contributed by atoms with Crippen molar-refractivity contribution in [1.29, 1.82) is 0 Å². The highest BCUT2D eigenvalue weighted by atomic mass is 79.9. The van der Waals surface area contributed by atoms with Gasteiger partial charge in [0.15, 0.2) is 0 Å². The minimum atomic E-state index is -0.370. The number of nitro benzene ring substituents is 1. The molecular formula is C14H8BrNO2S. The molecule has 2 aromatic carbocycles. The third kappa shape index (κ3) is 2.15. The van der Waals surface area contributed by atoms with Gasteiger partial charge in [-0.3, -0.25) is 10.1 Å². The molecule has 0 radical (unpaired) electrons. The molecule has 94 valence electrons. The third-order valence-corrected chi connectivity index (χ3v) is 5.16. The molecule has 0 fully saturated rings. The molecule has 3 nitrogen and oxygen atoms in total. The normalized spacial score (nSPS) is 10.8. The molecule has 0 saturated heterocycles. The zero-order valence-corrected chi connectivity index (χ0v) is 12.1. The molecule has 5 heteroatoms. The third-order valence-electron chi connectivity index (χ3n) is 2.85. The van der Waals surface area contributed by atoms with E-state index in [2.05, 4.69) is 15.9 Å². The highest BCUT2D eigenvalue weighted by Gasteiger charge is 2.13. The van der Waals surface area contributed by atoms with Crippen LogP contribution in [0, 0.1) is 10.1 Å². The Morgan fingerprint density at radius 3 is 2.63 bits per heavy atom. The van der Waals surface area contributed by atoms with E-state index in [1.54, 1.807) is 23.5 Å². The number of halogens is 1. The smallest absolute Gasteiger partial charge is 0.258 e. The molecule has 0 unspecified atom stereocenters. The average Bonchev–Trinajstić information content (AvgIpc) is 2.77. The Morgan fingerprint density at radius 2 is 1.89 bits per heavy atom. The SMILES string of the molecule is O=[N+]([O-])c1cccc(-c2sc3ccccc3c2Br)c1. The summed E-state index contributed by atoms with van der Waals surface area (Å²) in [6, 6.07) is 14.8. The first-order valence-corrected chi connectivity index (χ1v) is 7.19. The topological polar surface area (TPSA) is 43.1 Å². The summed E-state index contributed by atoms with van der Waals surface area (Å²) in [4.78, 5) is 11.5. The fourth-order valence-electron chi connectivity index (χ4n) is 1.96. The van der Waals surface area contributed by atoms with Gasteiger partial charge in [-0.05, 0) is 27.6 Å². The maximum absolute atomic E-state index is 10.8. The fraction of sp³-hybridized carbons (Fsp3) is 0. The van der Waals surface area contributed by atoms with Crippen LogP contribution in [0.1, 0.15) is 0 Å². The molecular weight excluding hydrogens is 326 g/mol. The van der Waals surface area contributed by atoms with Gasteiger partial charge in [0.05, 0.1) is 4.92 Å². The lowest BCUT2D eigenvalue weighted by molar-refractivity contribution is -0.384. The van der Waals surface area contributed by atoms with Gasteiger partial charge in [-0.25, -0.2) is 0 Å². The van der Waals surface area contributed by atoms with Crippen LogP contribution in [0.25, 0.3) is 20.5 Å². The van der Waals surface area contributed by atoms with Crippen LogP contribution in [-0.2, 0) is 0 Å². The molecule has 0 aliphatic rings. The Morgan fingerprint density at radius 1 is 1.11 bits per heavy atom. The van der Waals surface area contributed by atoms with Gasteiger partial charge in [-0.2, -0.15) is 0 Å². The Labute approximate surface area is 121 Å². The van der Waals surface area contributed by atoms with Crippen LogP contribution in [0.4, 0.5) is 5.69 Å². The number of fused-ring (bicyclic) bond motifs is 1. The standard InChI is InChI=1S/C14H8BrNO2S/c15-13-11-6-1-2-7-12(11)19-14(13)9-4-3-5-10(8-9)16(17)18/h1-8H. The van der Waals surface area contributed by atoms with Crippen LogP contribution in [0.2, 0.25) is 0 Å². The molecule has 19 heavy (non-hydrogen) atoms. The number of hydrogen-bond donors (Lipinski definition) is 0. The van der Waals surface area contributed by atoms with E-state index in [0.29, 0.717) is 0 Å². The van der Waals surface area contributed by atoms with Gasteiger partial charge in [0.25, 0.3) is 5.69 Å². The van der Waals surface area contributed by atoms with Crippen molar-refractivity contribution >= 4 is 43.0 Å². The molecule has 0 N–H and O–H groups in total. The van der Waals surface area contributed by atoms with Crippen molar-refractivity contribution in [3.05, 3.63) is 63.1 Å².